The Labute approximate surface area is 91.8 Å². The van der Waals surface area contributed by atoms with Crippen LogP contribution in [0.2, 0.25) is 0 Å². The van der Waals surface area contributed by atoms with Crippen molar-refractivity contribution in [1.29, 1.82) is 0 Å². The number of nitrogens with zero attached hydrogens (tertiary/aromatic N) is 1. The number of carbonyl (C=O) groups is 1. The van der Waals surface area contributed by atoms with Crippen molar-refractivity contribution < 1.29 is 9.53 Å². The SMILES string of the molecule is COCC1CCCN(C(=O)C(C)(C)N)C1. The molecule has 0 saturated carbocycles. The summed E-state index contributed by atoms with van der Waals surface area (Å²) in [6.07, 6.45) is 2.19. The lowest BCUT2D eigenvalue weighted by molar-refractivity contribution is -0.138. The van der Waals surface area contributed by atoms with E-state index < -0.39 is 5.54 Å². The van der Waals surface area contributed by atoms with Crippen molar-refractivity contribution in [3.05, 3.63) is 0 Å². The zero-order valence-corrected chi connectivity index (χ0v) is 9.95. The molecule has 1 aliphatic heterocycles. The second kappa shape index (κ2) is 4.94. The normalized spacial score (nSPS) is 22.9. The number of rotatable bonds is 3. The summed E-state index contributed by atoms with van der Waals surface area (Å²) in [5, 5.41) is 0. The van der Waals surface area contributed by atoms with Crippen molar-refractivity contribution in [2.24, 2.45) is 11.7 Å². The highest BCUT2D eigenvalue weighted by molar-refractivity contribution is 5.85. The van der Waals surface area contributed by atoms with E-state index in [1.165, 1.54) is 0 Å². The average molecular weight is 214 g/mol. The van der Waals surface area contributed by atoms with Crippen LogP contribution in [-0.4, -0.2) is 43.2 Å². The van der Waals surface area contributed by atoms with Crippen LogP contribution in [0.5, 0.6) is 0 Å². The second-order valence-electron chi connectivity index (χ2n) is 4.94. The third-order valence-electron chi connectivity index (χ3n) is 2.76. The minimum Gasteiger partial charge on any atom is -0.384 e. The Morgan fingerprint density at radius 3 is 2.80 bits per heavy atom. The van der Waals surface area contributed by atoms with Gasteiger partial charge in [0.15, 0.2) is 0 Å². The summed E-state index contributed by atoms with van der Waals surface area (Å²) in [6.45, 7) is 5.87. The monoisotopic (exact) mass is 214 g/mol. The number of methoxy groups -OCH3 is 1. The van der Waals surface area contributed by atoms with Crippen LogP contribution in [0, 0.1) is 5.92 Å². The molecule has 1 heterocycles. The van der Waals surface area contributed by atoms with Crippen molar-refractivity contribution in [3.8, 4) is 0 Å². The van der Waals surface area contributed by atoms with E-state index in [9.17, 15) is 4.79 Å². The van der Waals surface area contributed by atoms with Crippen LogP contribution in [0.1, 0.15) is 26.7 Å². The lowest BCUT2D eigenvalue weighted by Crippen LogP contribution is -2.54. The van der Waals surface area contributed by atoms with Crippen molar-refractivity contribution in [2.75, 3.05) is 26.8 Å². The molecule has 1 fully saturated rings. The van der Waals surface area contributed by atoms with Crippen LogP contribution < -0.4 is 5.73 Å². The smallest absolute Gasteiger partial charge is 0.242 e. The molecule has 1 atom stereocenters. The summed E-state index contributed by atoms with van der Waals surface area (Å²) in [5.41, 5.74) is 5.05. The van der Waals surface area contributed by atoms with Crippen LogP contribution in [0.3, 0.4) is 0 Å². The van der Waals surface area contributed by atoms with Crippen molar-refractivity contribution in [1.82, 2.24) is 4.90 Å². The molecule has 0 aromatic rings. The van der Waals surface area contributed by atoms with E-state index >= 15 is 0 Å². The van der Waals surface area contributed by atoms with E-state index in [1.54, 1.807) is 21.0 Å². The quantitative estimate of drug-likeness (QED) is 0.749. The van der Waals surface area contributed by atoms with Gasteiger partial charge in [-0.25, -0.2) is 0 Å². The summed E-state index contributed by atoms with van der Waals surface area (Å²) in [4.78, 5) is 13.8. The molecule has 1 saturated heterocycles. The standard InChI is InChI=1S/C11H22N2O2/c1-11(2,12)10(14)13-6-4-5-9(7-13)8-15-3/h9H,4-8,12H2,1-3H3. The number of likely N-dealkylation sites (tertiary alicyclic amines) is 1. The van der Waals surface area contributed by atoms with E-state index in [1.807, 2.05) is 4.90 Å². The highest BCUT2D eigenvalue weighted by Crippen LogP contribution is 2.18. The second-order valence-corrected chi connectivity index (χ2v) is 4.94. The van der Waals surface area contributed by atoms with E-state index in [4.69, 9.17) is 10.5 Å². The van der Waals surface area contributed by atoms with E-state index in [0.29, 0.717) is 5.92 Å². The first-order valence-electron chi connectivity index (χ1n) is 5.52. The van der Waals surface area contributed by atoms with Crippen LogP contribution in [-0.2, 0) is 9.53 Å². The molecular weight excluding hydrogens is 192 g/mol. The summed E-state index contributed by atoms with van der Waals surface area (Å²) in [7, 11) is 1.70. The van der Waals surface area contributed by atoms with E-state index in [2.05, 4.69) is 0 Å². The number of amides is 1. The van der Waals surface area contributed by atoms with Crippen LogP contribution in [0.4, 0.5) is 0 Å². The Morgan fingerprint density at radius 2 is 2.27 bits per heavy atom. The number of hydrogen-bond acceptors (Lipinski definition) is 3. The minimum absolute atomic E-state index is 0.0447. The molecule has 1 rings (SSSR count). The molecule has 1 unspecified atom stereocenters. The van der Waals surface area contributed by atoms with Crippen LogP contribution in [0.25, 0.3) is 0 Å². The van der Waals surface area contributed by atoms with E-state index in [0.717, 1.165) is 32.5 Å². The topological polar surface area (TPSA) is 55.6 Å². The molecule has 4 nitrogen and oxygen atoms in total. The first-order chi connectivity index (χ1) is 6.95. The molecule has 2 N–H and O–H groups in total. The number of ether oxygens (including phenoxy) is 1. The molecule has 0 radical (unpaired) electrons. The van der Waals surface area contributed by atoms with Gasteiger partial charge in [0.1, 0.15) is 0 Å². The number of nitrogens with two attached hydrogens (primary N) is 1. The van der Waals surface area contributed by atoms with Gasteiger partial charge in [-0.2, -0.15) is 0 Å². The van der Waals surface area contributed by atoms with Gasteiger partial charge in [0.2, 0.25) is 5.91 Å². The van der Waals surface area contributed by atoms with Gasteiger partial charge in [0.25, 0.3) is 0 Å². The Balaban J connectivity index is 2.52. The maximum Gasteiger partial charge on any atom is 0.242 e. The first kappa shape index (κ1) is 12.5. The largest absolute Gasteiger partial charge is 0.384 e. The Bertz CT molecular complexity index is 221. The molecular formula is C11H22N2O2. The molecule has 0 aliphatic carbocycles. The maximum atomic E-state index is 11.9. The fourth-order valence-electron chi connectivity index (χ4n) is 2.03. The number of hydrogen-bond donors (Lipinski definition) is 1. The molecule has 15 heavy (non-hydrogen) atoms. The summed E-state index contributed by atoms with van der Waals surface area (Å²) in [6, 6.07) is 0. The number of piperidine rings is 1. The third-order valence-corrected chi connectivity index (χ3v) is 2.76. The Hall–Kier alpha value is -0.610. The highest BCUT2D eigenvalue weighted by Gasteiger charge is 2.31. The number of carbonyl (C=O) groups excluding carboxylic acids is 1. The minimum atomic E-state index is -0.755. The van der Waals surface area contributed by atoms with Crippen molar-refractivity contribution >= 4 is 5.91 Å². The van der Waals surface area contributed by atoms with Crippen LogP contribution in [0.15, 0.2) is 0 Å². The van der Waals surface area contributed by atoms with Gasteiger partial charge < -0.3 is 15.4 Å². The van der Waals surface area contributed by atoms with Gasteiger partial charge in [-0.05, 0) is 32.6 Å². The molecule has 1 amide bonds. The highest BCUT2D eigenvalue weighted by atomic mass is 16.5. The molecule has 0 bridgehead atoms. The summed E-state index contributed by atoms with van der Waals surface area (Å²) >= 11 is 0. The summed E-state index contributed by atoms with van der Waals surface area (Å²) < 4.78 is 5.13. The molecule has 1 aliphatic rings. The lowest BCUT2D eigenvalue weighted by Gasteiger charge is -2.36. The fraction of sp³-hybridized carbons (Fsp3) is 0.909. The lowest BCUT2D eigenvalue weighted by atomic mass is 9.96. The Morgan fingerprint density at radius 1 is 1.60 bits per heavy atom. The van der Waals surface area contributed by atoms with Crippen molar-refractivity contribution in [3.63, 3.8) is 0 Å². The predicted octanol–water partition coefficient (Wildman–Crippen LogP) is 0.609. The molecule has 4 heteroatoms. The maximum absolute atomic E-state index is 11.9. The van der Waals surface area contributed by atoms with Gasteiger partial charge in [0.05, 0.1) is 12.1 Å². The summed E-state index contributed by atoms with van der Waals surface area (Å²) in [5.74, 6) is 0.512. The zero-order chi connectivity index (χ0) is 11.5. The molecule has 88 valence electrons. The van der Waals surface area contributed by atoms with Gasteiger partial charge in [-0.3, -0.25) is 4.79 Å². The Kier molecular flexibility index (Phi) is 4.11. The van der Waals surface area contributed by atoms with Crippen molar-refractivity contribution in [2.45, 2.75) is 32.2 Å². The van der Waals surface area contributed by atoms with E-state index in [-0.39, 0.29) is 5.91 Å². The average Bonchev–Trinajstić information content (AvgIpc) is 2.16. The van der Waals surface area contributed by atoms with Gasteiger partial charge in [-0.15, -0.1) is 0 Å². The van der Waals surface area contributed by atoms with Gasteiger partial charge in [0, 0.05) is 20.2 Å². The van der Waals surface area contributed by atoms with Crippen LogP contribution >= 0.6 is 0 Å². The predicted molar refractivity (Wildman–Crippen MR) is 59.4 cm³/mol. The third kappa shape index (κ3) is 3.47. The molecule has 0 aromatic heterocycles. The molecule has 0 aromatic carbocycles. The van der Waals surface area contributed by atoms with Gasteiger partial charge >= 0.3 is 0 Å². The first-order valence-corrected chi connectivity index (χ1v) is 5.52. The zero-order valence-electron chi connectivity index (χ0n) is 9.95. The fourth-order valence-corrected chi connectivity index (χ4v) is 2.03. The molecule has 0 spiro atoms. The van der Waals surface area contributed by atoms with Gasteiger partial charge in [-0.1, -0.05) is 0 Å².